The summed E-state index contributed by atoms with van der Waals surface area (Å²) in [6.45, 7) is 1.08. The van der Waals surface area contributed by atoms with Gasteiger partial charge in [0.25, 0.3) is 5.91 Å². The normalized spacial score (nSPS) is 20.7. The van der Waals surface area contributed by atoms with Crippen LogP contribution >= 0.6 is 63.7 Å². The quantitative estimate of drug-likeness (QED) is 0.304. The second kappa shape index (κ2) is 13.5. The second-order valence-electron chi connectivity index (χ2n) is 8.34. The average molecular weight is 790 g/mol. The minimum absolute atomic E-state index is 0.0570. The molecule has 2 heterocycles. The molecule has 1 aromatic carbocycles. The monoisotopic (exact) mass is 786 g/mol. The summed E-state index contributed by atoms with van der Waals surface area (Å²) in [6.07, 6.45) is 1.06. The Hall–Kier alpha value is -1.81. The standard InChI is InChI=1S/C23H26Br4N4O7/c1-31(22(28)34)6-4-12-8-13(24)19(14(25)9-12)36-7-3-5-29-21(33)17-20(32)23(38-30-17)10-15(26)18(35-2)16(27)11-37-23/h8-9,11,20,32H,3-7,10H2,1-2H3,(H2,28,34)(H,29,33)/t20-,23-/m0/s1. The zero-order valence-electron chi connectivity index (χ0n) is 20.4. The van der Waals surface area contributed by atoms with E-state index >= 15 is 0 Å². The largest absolute Gasteiger partial charge is 0.495 e. The fourth-order valence-electron chi connectivity index (χ4n) is 3.54. The van der Waals surface area contributed by atoms with Gasteiger partial charge >= 0.3 is 11.8 Å². The van der Waals surface area contributed by atoms with Gasteiger partial charge in [-0.25, -0.2) is 4.79 Å². The zero-order chi connectivity index (χ0) is 28.0. The minimum Gasteiger partial charge on any atom is -0.495 e. The van der Waals surface area contributed by atoms with Crippen molar-refractivity contribution in [2.24, 2.45) is 10.9 Å². The predicted octanol–water partition coefficient (Wildman–Crippen LogP) is 4.00. The van der Waals surface area contributed by atoms with Crippen LogP contribution in [0.25, 0.3) is 0 Å². The third-order valence-corrected chi connectivity index (χ3v) is 8.03. The van der Waals surface area contributed by atoms with E-state index in [-0.39, 0.29) is 18.7 Å². The first-order chi connectivity index (χ1) is 18.0. The van der Waals surface area contributed by atoms with Gasteiger partial charge in [-0.05, 0) is 78.3 Å². The predicted molar refractivity (Wildman–Crippen MR) is 154 cm³/mol. The van der Waals surface area contributed by atoms with Gasteiger partial charge in [0.2, 0.25) is 0 Å². The van der Waals surface area contributed by atoms with Gasteiger partial charge < -0.3 is 40.1 Å². The lowest BCUT2D eigenvalue weighted by Crippen LogP contribution is -2.49. The van der Waals surface area contributed by atoms with E-state index < -0.39 is 23.8 Å². The number of aliphatic hydroxyl groups is 1. The number of amides is 3. The van der Waals surface area contributed by atoms with E-state index in [4.69, 9.17) is 24.8 Å². The Kier molecular flexibility index (Phi) is 10.9. The number of hydrogen-bond donors (Lipinski definition) is 3. The Balaban J connectivity index is 1.48. The number of carbonyl (C=O) groups is 2. The number of primary amides is 1. The van der Waals surface area contributed by atoms with E-state index in [1.54, 1.807) is 7.05 Å². The van der Waals surface area contributed by atoms with Gasteiger partial charge in [-0.2, -0.15) is 0 Å². The maximum Gasteiger partial charge on any atom is 0.314 e. The van der Waals surface area contributed by atoms with Crippen LogP contribution in [-0.2, 0) is 25.5 Å². The molecule has 1 spiro atoms. The van der Waals surface area contributed by atoms with Crippen molar-refractivity contribution in [3.8, 4) is 5.75 Å². The van der Waals surface area contributed by atoms with Crippen molar-refractivity contribution in [2.75, 3.05) is 33.9 Å². The van der Waals surface area contributed by atoms with Crippen LogP contribution in [0.1, 0.15) is 18.4 Å². The van der Waals surface area contributed by atoms with Crippen molar-refractivity contribution < 1.29 is 33.7 Å². The molecular weight excluding hydrogens is 764 g/mol. The molecule has 1 aromatic rings. The Morgan fingerprint density at radius 2 is 1.97 bits per heavy atom. The van der Waals surface area contributed by atoms with E-state index in [2.05, 4.69) is 74.2 Å². The molecule has 0 unspecified atom stereocenters. The van der Waals surface area contributed by atoms with Crippen molar-refractivity contribution in [3.05, 3.63) is 47.6 Å². The molecule has 38 heavy (non-hydrogen) atoms. The van der Waals surface area contributed by atoms with Crippen LogP contribution in [-0.4, -0.2) is 73.4 Å². The van der Waals surface area contributed by atoms with Crippen LogP contribution in [0, 0.1) is 0 Å². The third-order valence-electron chi connectivity index (χ3n) is 5.66. The van der Waals surface area contributed by atoms with Crippen molar-refractivity contribution in [1.29, 1.82) is 0 Å². The van der Waals surface area contributed by atoms with Gasteiger partial charge in [0.15, 0.2) is 11.8 Å². The highest BCUT2D eigenvalue weighted by Crippen LogP contribution is 2.41. The van der Waals surface area contributed by atoms with Gasteiger partial charge in [0, 0.05) is 24.6 Å². The first-order valence-electron chi connectivity index (χ1n) is 11.3. The second-order valence-corrected chi connectivity index (χ2v) is 11.9. The molecule has 208 valence electrons. The molecule has 11 nitrogen and oxygen atoms in total. The number of ether oxygens (including phenoxy) is 3. The third kappa shape index (κ3) is 7.23. The van der Waals surface area contributed by atoms with E-state index in [0.29, 0.717) is 46.5 Å². The van der Waals surface area contributed by atoms with E-state index in [0.717, 1.165) is 14.5 Å². The molecule has 3 rings (SSSR count). The van der Waals surface area contributed by atoms with Gasteiger partial charge in [0.05, 0.1) is 33.6 Å². The number of hydrogen-bond acceptors (Lipinski definition) is 8. The maximum atomic E-state index is 12.7. The Labute approximate surface area is 253 Å². The van der Waals surface area contributed by atoms with Crippen molar-refractivity contribution >= 4 is 81.4 Å². The van der Waals surface area contributed by atoms with Gasteiger partial charge in [-0.1, -0.05) is 21.1 Å². The highest BCUT2D eigenvalue weighted by Gasteiger charge is 2.54. The number of likely N-dealkylation sites (N-methyl/N-ethyl adjacent to an activating group) is 1. The van der Waals surface area contributed by atoms with Gasteiger partial charge in [-0.15, -0.1) is 0 Å². The molecule has 0 aromatic heterocycles. The number of aliphatic hydroxyl groups excluding tert-OH is 1. The molecule has 2 aliphatic heterocycles. The highest BCUT2D eigenvalue weighted by molar-refractivity contribution is 9.12. The van der Waals surface area contributed by atoms with Crippen LogP contribution in [0.15, 0.2) is 47.2 Å². The molecule has 0 saturated heterocycles. The van der Waals surface area contributed by atoms with Crippen molar-refractivity contribution in [1.82, 2.24) is 10.2 Å². The van der Waals surface area contributed by atoms with Crippen LogP contribution in [0.3, 0.4) is 0 Å². The number of nitrogens with two attached hydrogens (primary N) is 1. The summed E-state index contributed by atoms with van der Waals surface area (Å²) in [7, 11) is 3.14. The molecule has 15 heteroatoms. The lowest BCUT2D eigenvalue weighted by Gasteiger charge is -2.27. The summed E-state index contributed by atoms with van der Waals surface area (Å²) < 4.78 is 19.4. The maximum absolute atomic E-state index is 12.7. The minimum atomic E-state index is -1.60. The fraction of sp³-hybridized carbons (Fsp3) is 0.435. The summed E-state index contributed by atoms with van der Waals surface area (Å²) >= 11 is 13.8. The van der Waals surface area contributed by atoms with Gasteiger partial charge in [0.1, 0.15) is 17.8 Å². The van der Waals surface area contributed by atoms with E-state index in [1.165, 1.54) is 18.3 Å². The Morgan fingerprint density at radius 1 is 1.29 bits per heavy atom. The molecular formula is C23H26Br4N4O7. The number of nitrogens with one attached hydrogen (secondary N) is 1. The number of oxime groups is 1. The number of benzene rings is 1. The Morgan fingerprint density at radius 3 is 2.61 bits per heavy atom. The molecule has 2 atom stereocenters. The molecule has 0 aliphatic carbocycles. The number of methoxy groups -OCH3 is 1. The summed E-state index contributed by atoms with van der Waals surface area (Å²) in [6, 6.07) is 3.35. The zero-order valence-corrected chi connectivity index (χ0v) is 26.8. The molecule has 0 bridgehead atoms. The van der Waals surface area contributed by atoms with Crippen LogP contribution in [0.5, 0.6) is 5.75 Å². The smallest absolute Gasteiger partial charge is 0.314 e. The van der Waals surface area contributed by atoms with Crippen LogP contribution in [0.4, 0.5) is 4.79 Å². The van der Waals surface area contributed by atoms with Gasteiger partial charge in [-0.3, -0.25) is 4.79 Å². The molecule has 0 fully saturated rings. The number of urea groups is 1. The molecule has 0 saturated carbocycles. The molecule has 3 amide bonds. The van der Waals surface area contributed by atoms with E-state index in [9.17, 15) is 14.7 Å². The lowest BCUT2D eigenvalue weighted by molar-refractivity contribution is -0.225. The summed E-state index contributed by atoms with van der Waals surface area (Å²) in [5.41, 5.74) is 6.06. The summed E-state index contributed by atoms with van der Waals surface area (Å²) in [4.78, 5) is 30.7. The topological polar surface area (TPSA) is 145 Å². The number of halogens is 4. The summed E-state index contributed by atoms with van der Waals surface area (Å²) in [5.74, 6) is -1.09. The van der Waals surface area contributed by atoms with E-state index in [1.807, 2.05) is 12.1 Å². The average Bonchev–Trinajstić information content (AvgIpc) is 3.11. The van der Waals surface area contributed by atoms with Crippen LogP contribution < -0.4 is 15.8 Å². The molecule has 2 aliphatic rings. The van der Waals surface area contributed by atoms with Crippen molar-refractivity contribution in [2.45, 2.75) is 31.2 Å². The first-order valence-corrected chi connectivity index (χ1v) is 14.5. The highest BCUT2D eigenvalue weighted by atomic mass is 79.9. The number of nitrogens with zero attached hydrogens (tertiary/aromatic N) is 2. The first kappa shape index (κ1) is 30.7. The van der Waals surface area contributed by atoms with Crippen molar-refractivity contribution in [3.63, 3.8) is 0 Å². The molecule has 4 N–H and O–H groups in total. The van der Waals surface area contributed by atoms with Crippen LogP contribution in [0.2, 0.25) is 0 Å². The number of carbonyl (C=O) groups excluding carboxylic acids is 2. The fourth-order valence-corrected chi connectivity index (χ4v) is 6.57. The summed E-state index contributed by atoms with van der Waals surface area (Å²) in [5, 5.41) is 17.3. The number of allylic oxidation sites excluding steroid dienone is 1. The number of rotatable bonds is 10. The Bertz CT molecular complexity index is 1150. The lowest BCUT2D eigenvalue weighted by atomic mass is 10.0. The molecule has 0 radical (unpaired) electrons. The SMILES string of the molecule is COC1=C(Br)C[C@]2(OC=C1Br)ON=C(C(=O)NCCCOc1c(Br)cc(CCN(C)C(N)=O)cc1Br)[C@@H]2O.